The Morgan fingerprint density at radius 3 is 2.55 bits per heavy atom. The average molecular weight is 264 g/mol. The lowest BCUT2D eigenvalue weighted by atomic mass is 9.99. The second-order valence-electron chi connectivity index (χ2n) is 4.39. The van der Waals surface area contributed by atoms with Gasteiger partial charge in [-0.3, -0.25) is 15.0 Å². The zero-order valence-electron chi connectivity index (χ0n) is 10.6. The molecule has 0 aliphatic carbocycles. The standard InChI is InChI=1S/C16H12N2O2/c19-16(18-20)12-8-6-11(7-9-12)13-3-1-5-15-14(13)4-2-10-17-15/h1-10,20H,(H,18,19). The minimum absolute atomic E-state index is 0.412. The summed E-state index contributed by atoms with van der Waals surface area (Å²) < 4.78 is 0. The number of amides is 1. The van der Waals surface area contributed by atoms with Crippen LogP contribution in [-0.4, -0.2) is 16.1 Å². The van der Waals surface area contributed by atoms with Crippen molar-refractivity contribution in [2.24, 2.45) is 0 Å². The topological polar surface area (TPSA) is 62.2 Å². The Hall–Kier alpha value is -2.72. The van der Waals surface area contributed by atoms with E-state index < -0.39 is 5.91 Å². The van der Waals surface area contributed by atoms with Gasteiger partial charge in [0.2, 0.25) is 0 Å². The number of carbonyl (C=O) groups is 1. The molecule has 0 bridgehead atoms. The van der Waals surface area contributed by atoms with Gasteiger partial charge >= 0.3 is 0 Å². The number of hydroxylamine groups is 1. The third-order valence-electron chi connectivity index (χ3n) is 3.21. The average Bonchev–Trinajstić information content (AvgIpc) is 2.54. The van der Waals surface area contributed by atoms with E-state index in [1.54, 1.807) is 23.8 Å². The van der Waals surface area contributed by atoms with E-state index in [0.717, 1.165) is 22.0 Å². The lowest BCUT2D eigenvalue weighted by Gasteiger charge is -2.07. The third-order valence-corrected chi connectivity index (χ3v) is 3.21. The summed E-state index contributed by atoms with van der Waals surface area (Å²) >= 11 is 0. The van der Waals surface area contributed by atoms with E-state index in [1.165, 1.54) is 0 Å². The first kappa shape index (κ1) is 12.3. The minimum atomic E-state index is -0.517. The molecule has 0 aliphatic heterocycles. The van der Waals surface area contributed by atoms with Crippen LogP contribution in [0.1, 0.15) is 10.4 Å². The molecule has 4 nitrogen and oxygen atoms in total. The number of aromatic nitrogens is 1. The van der Waals surface area contributed by atoms with Crippen LogP contribution in [0.2, 0.25) is 0 Å². The number of pyridine rings is 1. The molecule has 3 rings (SSSR count). The van der Waals surface area contributed by atoms with Crippen LogP contribution in [0, 0.1) is 0 Å². The first-order chi connectivity index (χ1) is 9.79. The summed E-state index contributed by atoms with van der Waals surface area (Å²) in [6.45, 7) is 0. The molecule has 3 aromatic rings. The number of nitrogens with zero attached hydrogens (tertiary/aromatic N) is 1. The van der Waals surface area contributed by atoms with Gasteiger partial charge in [-0.15, -0.1) is 0 Å². The van der Waals surface area contributed by atoms with Crippen LogP contribution < -0.4 is 5.48 Å². The molecule has 1 amide bonds. The molecule has 4 heteroatoms. The molecule has 20 heavy (non-hydrogen) atoms. The molecule has 1 heterocycles. The number of rotatable bonds is 2. The van der Waals surface area contributed by atoms with Gasteiger partial charge in [0.05, 0.1) is 5.52 Å². The van der Waals surface area contributed by atoms with Crippen LogP contribution in [0.25, 0.3) is 22.0 Å². The molecule has 98 valence electrons. The van der Waals surface area contributed by atoms with Gasteiger partial charge in [0.25, 0.3) is 5.91 Å². The molecule has 1 aromatic heterocycles. The second kappa shape index (κ2) is 5.11. The SMILES string of the molecule is O=C(NO)c1ccc(-c2cccc3ncccc23)cc1. The maximum Gasteiger partial charge on any atom is 0.274 e. The second-order valence-corrected chi connectivity index (χ2v) is 4.39. The van der Waals surface area contributed by atoms with E-state index in [4.69, 9.17) is 5.21 Å². The van der Waals surface area contributed by atoms with E-state index in [0.29, 0.717) is 5.56 Å². The van der Waals surface area contributed by atoms with Crippen molar-refractivity contribution < 1.29 is 10.0 Å². The number of hydrogen-bond acceptors (Lipinski definition) is 3. The van der Waals surface area contributed by atoms with Crippen LogP contribution in [-0.2, 0) is 0 Å². The van der Waals surface area contributed by atoms with Crippen LogP contribution in [0.4, 0.5) is 0 Å². The third kappa shape index (κ3) is 2.13. The number of carbonyl (C=O) groups excluding carboxylic acids is 1. The smallest absolute Gasteiger partial charge is 0.274 e. The highest BCUT2D eigenvalue weighted by molar-refractivity contribution is 5.96. The lowest BCUT2D eigenvalue weighted by Crippen LogP contribution is -2.18. The number of nitrogens with one attached hydrogen (secondary N) is 1. The van der Waals surface area contributed by atoms with Crippen molar-refractivity contribution in [3.8, 4) is 11.1 Å². The molecular weight excluding hydrogens is 252 g/mol. The zero-order valence-corrected chi connectivity index (χ0v) is 10.6. The van der Waals surface area contributed by atoms with Crippen molar-refractivity contribution >= 4 is 16.8 Å². The van der Waals surface area contributed by atoms with Crippen LogP contribution in [0.5, 0.6) is 0 Å². The van der Waals surface area contributed by atoms with Crippen molar-refractivity contribution in [1.29, 1.82) is 0 Å². The number of benzene rings is 2. The summed E-state index contributed by atoms with van der Waals surface area (Å²) in [5, 5.41) is 9.67. The maximum absolute atomic E-state index is 11.3. The summed E-state index contributed by atoms with van der Waals surface area (Å²) in [5.74, 6) is -0.517. The Bertz CT molecular complexity index is 762. The van der Waals surface area contributed by atoms with Crippen molar-refractivity contribution in [2.45, 2.75) is 0 Å². The molecular formula is C16H12N2O2. The summed E-state index contributed by atoms with van der Waals surface area (Å²) in [6.07, 6.45) is 1.76. The van der Waals surface area contributed by atoms with Crippen molar-refractivity contribution in [1.82, 2.24) is 10.5 Å². The van der Waals surface area contributed by atoms with E-state index in [-0.39, 0.29) is 0 Å². The van der Waals surface area contributed by atoms with Gasteiger partial charge in [0.15, 0.2) is 0 Å². The fourth-order valence-electron chi connectivity index (χ4n) is 2.22. The fourth-order valence-corrected chi connectivity index (χ4v) is 2.22. The highest BCUT2D eigenvalue weighted by Gasteiger charge is 2.06. The minimum Gasteiger partial charge on any atom is -0.288 e. The largest absolute Gasteiger partial charge is 0.288 e. The molecule has 0 spiro atoms. The van der Waals surface area contributed by atoms with Gasteiger partial charge in [-0.1, -0.05) is 30.3 Å². The highest BCUT2D eigenvalue weighted by Crippen LogP contribution is 2.27. The monoisotopic (exact) mass is 264 g/mol. The Labute approximate surface area is 115 Å². The highest BCUT2D eigenvalue weighted by atomic mass is 16.5. The van der Waals surface area contributed by atoms with E-state index >= 15 is 0 Å². The van der Waals surface area contributed by atoms with Gasteiger partial charge in [0.1, 0.15) is 0 Å². The summed E-state index contributed by atoms with van der Waals surface area (Å²) in [4.78, 5) is 15.6. The summed E-state index contributed by atoms with van der Waals surface area (Å²) in [7, 11) is 0. The van der Waals surface area contributed by atoms with Gasteiger partial charge in [-0.2, -0.15) is 0 Å². The van der Waals surface area contributed by atoms with Crippen molar-refractivity contribution in [3.05, 3.63) is 66.4 Å². The van der Waals surface area contributed by atoms with Crippen LogP contribution in [0.15, 0.2) is 60.8 Å². The molecule has 0 aliphatic rings. The molecule has 0 atom stereocenters. The predicted molar refractivity (Wildman–Crippen MR) is 76.4 cm³/mol. The fraction of sp³-hybridized carbons (Fsp3) is 0. The molecule has 2 N–H and O–H groups in total. The van der Waals surface area contributed by atoms with E-state index in [1.807, 2.05) is 42.5 Å². The summed E-state index contributed by atoms with van der Waals surface area (Å²) in [6, 6.07) is 16.9. The molecule has 0 unspecified atom stereocenters. The zero-order chi connectivity index (χ0) is 13.9. The van der Waals surface area contributed by atoms with E-state index in [2.05, 4.69) is 4.98 Å². The van der Waals surface area contributed by atoms with Crippen LogP contribution >= 0.6 is 0 Å². The number of hydrogen-bond donors (Lipinski definition) is 2. The van der Waals surface area contributed by atoms with Gasteiger partial charge in [-0.25, -0.2) is 5.48 Å². The van der Waals surface area contributed by atoms with Crippen molar-refractivity contribution in [2.75, 3.05) is 0 Å². The van der Waals surface area contributed by atoms with E-state index in [9.17, 15) is 4.79 Å². The molecule has 2 aromatic carbocycles. The Kier molecular flexibility index (Phi) is 3.15. The quantitative estimate of drug-likeness (QED) is 0.552. The van der Waals surface area contributed by atoms with Crippen LogP contribution in [0.3, 0.4) is 0 Å². The van der Waals surface area contributed by atoms with Crippen molar-refractivity contribution in [3.63, 3.8) is 0 Å². The summed E-state index contributed by atoms with van der Waals surface area (Å²) in [5.41, 5.74) is 5.03. The van der Waals surface area contributed by atoms with Gasteiger partial charge in [0, 0.05) is 17.1 Å². The molecule has 0 fully saturated rings. The Balaban J connectivity index is 2.09. The first-order valence-corrected chi connectivity index (χ1v) is 6.18. The molecule has 0 radical (unpaired) electrons. The van der Waals surface area contributed by atoms with Gasteiger partial charge < -0.3 is 0 Å². The first-order valence-electron chi connectivity index (χ1n) is 6.18. The molecule has 0 saturated heterocycles. The molecule has 0 saturated carbocycles. The predicted octanol–water partition coefficient (Wildman–Crippen LogP) is 3.02. The van der Waals surface area contributed by atoms with Gasteiger partial charge in [-0.05, 0) is 35.4 Å². The number of fused-ring (bicyclic) bond motifs is 1. The normalized spacial score (nSPS) is 10.4. The lowest BCUT2D eigenvalue weighted by molar-refractivity contribution is 0.0706. The Morgan fingerprint density at radius 2 is 1.80 bits per heavy atom. The Morgan fingerprint density at radius 1 is 1.00 bits per heavy atom. The maximum atomic E-state index is 11.3.